The van der Waals surface area contributed by atoms with Crippen molar-refractivity contribution in [1.29, 1.82) is 0 Å². The van der Waals surface area contributed by atoms with E-state index in [9.17, 15) is 14.6 Å². The van der Waals surface area contributed by atoms with Crippen LogP contribution in [0.1, 0.15) is 22.9 Å². The fourth-order valence-electron chi connectivity index (χ4n) is 2.51. The first-order chi connectivity index (χ1) is 12.2. The van der Waals surface area contributed by atoms with Crippen LogP contribution >= 0.6 is 11.8 Å². The number of halogens is 1. The van der Waals surface area contributed by atoms with E-state index in [1.165, 1.54) is 23.9 Å². The molecule has 1 aromatic heterocycles. The fourth-order valence-corrected chi connectivity index (χ4v) is 3.47. The molecular weight excluding hydrogens is 339 g/mol. The normalized spacial score (nSPS) is 12.3. The van der Waals surface area contributed by atoms with Gasteiger partial charge in [-0.1, -0.05) is 54.2 Å². The van der Waals surface area contributed by atoms with Crippen LogP contribution in [0.5, 0.6) is 0 Å². The van der Waals surface area contributed by atoms with Crippen LogP contribution in [0, 0.1) is 5.82 Å². The molecule has 0 saturated heterocycles. The summed E-state index contributed by atoms with van der Waals surface area (Å²) < 4.78 is 14.8. The molecule has 0 amide bonds. The van der Waals surface area contributed by atoms with Crippen molar-refractivity contribution in [3.05, 3.63) is 83.4 Å². The molecule has 1 atom stereocenters. The Morgan fingerprint density at radius 2 is 1.80 bits per heavy atom. The van der Waals surface area contributed by atoms with Gasteiger partial charge < -0.3 is 14.8 Å². The Balaban J connectivity index is 1.74. The van der Waals surface area contributed by atoms with E-state index in [1.54, 1.807) is 18.3 Å². The number of benzene rings is 2. The van der Waals surface area contributed by atoms with Crippen LogP contribution < -0.4 is 0 Å². The molecule has 0 radical (unpaired) electrons. The van der Waals surface area contributed by atoms with Crippen molar-refractivity contribution in [3.8, 4) is 0 Å². The summed E-state index contributed by atoms with van der Waals surface area (Å²) in [7, 11) is 0. The van der Waals surface area contributed by atoms with Crippen molar-refractivity contribution in [2.45, 2.75) is 30.2 Å². The first-order valence-electron chi connectivity index (χ1n) is 7.93. The van der Waals surface area contributed by atoms with Gasteiger partial charge in [-0.25, -0.2) is 9.37 Å². The Hall–Kier alpha value is -2.15. The standard InChI is InChI=1S/C19H19FN2O2S/c20-16-8-6-14(7-9-16)13-25-19-21-10-17(12-23)22(19)11-18(24)15-4-2-1-3-5-15/h1-10,18,23-24H,11-13H2/t18-/m1/s1. The van der Waals surface area contributed by atoms with Crippen LogP contribution in [0.25, 0.3) is 0 Å². The Labute approximate surface area is 150 Å². The molecule has 1 heterocycles. The van der Waals surface area contributed by atoms with Crippen molar-refractivity contribution in [2.75, 3.05) is 0 Å². The third kappa shape index (κ3) is 4.48. The third-order valence-corrected chi connectivity index (χ3v) is 4.95. The summed E-state index contributed by atoms with van der Waals surface area (Å²) in [6.07, 6.45) is 0.927. The van der Waals surface area contributed by atoms with Crippen molar-refractivity contribution in [2.24, 2.45) is 0 Å². The van der Waals surface area contributed by atoms with Gasteiger partial charge in [-0.05, 0) is 23.3 Å². The summed E-state index contributed by atoms with van der Waals surface area (Å²) in [4.78, 5) is 4.35. The number of thioether (sulfide) groups is 1. The summed E-state index contributed by atoms with van der Waals surface area (Å²) in [5.74, 6) is 0.368. The van der Waals surface area contributed by atoms with Gasteiger partial charge in [0.15, 0.2) is 5.16 Å². The molecule has 3 aromatic rings. The van der Waals surface area contributed by atoms with E-state index in [-0.39, 0.29) is 12.4 Å². The van der Waals surface area contributed by atoms with Gasteiger partial charge in [-0.2, -0.15) is 0 Å². The highest BCUT2D eigenvalue weighted by Gasteiger charge is 2.15. The minimum absolute atomic E-state index is 0.147. The summed E-state index contributed by atoms with van der Waals surface area (Å²) in [6.45, 7) is 0.164. The molecule has 4 nitrogen and oxygen atoms in total. The number of hydrogen-bond acceptors (Lipinski definition) is 4. The largest absolute Gasteiger partial charge is 0.390 e. The zero-order valence-electron chi connectivity index (χ0n) is 13.5. The SMILES string of the molecule is OCc1cnc(SCc2ccc(F)cc2)n1C[C@@H](O)c1ccccc1. The molecular formula is C19H19FN2O2S. The van der Waals surface area contributed by atoms with Crippen molar-refractivity contribution < 1.29 is 14.6 Å². The highest BCUT2D eigenvalue weighted by atomic mass is 32.2. The Morgan fingerprint density at radius 3 is 2.48 bits per heavy atom. The van der Waals surface area contributed by atoms with Crippen LogP contribution in [0.3, 0.4) is 0 Å². The lowest BCUT2D eigenvalue weighted by molar-refractivity contribution is 0.148. The second-order valence-electron chi connectivity index (χ2n) is 5.64. The maximum Gasteiger partial charge on any atom is 0.168 e. The van der Waals surface area contributed by atoms with E-state index in [1.807, 2.05) is 34.9 Å². The lowest BCUT2D eigenvalue weighted by Gasteiger charge is -2.16. The monoisotopic (exact) mass is 358 g/mol. The average molecular weight is 358 g/mol. The second-order valence-corrected chi connectivity index (χ2v) is 6.58. The van der Waals surface area contributed by atoms with Gasteiger partial charge >= 0.3 is 0 Å². The number of hydrogen-bond donors (Lipinski definition) is 2. The van der Waals surface area contributed by atoms with E-state index in [4.69, 9.17) is 0 Å². The zero-order chi connectivity index (χ0) is 17.6. The predicted molar refractivity (Wildman–Crippen MR) is 95.5 cm³/mol. The molecule has 0 spiro atoms. The molecule has 0 fully saturated rings. The summed E-state index contributed by atoms with van der Waals surface area (Å²) in [6, 6.07) is 15.7. The van der Waals surface area contributed by atoms with Crippen LogP contribution in [0.4, 0.5) is 4.39 Å². The number of aliphatic hydroxyl groups excluding tert-OH is 2. The summed E-state index contributed by atoms with van der Waals surface area (Å²) in [5, 5.41) is 20.7. The Bertz CT molecular complexity index is 806. The van der Waals surface area contributed by atoms with Gasteiger partial charge in [0, 0.05) is 5.75 Å². The molecule has 6 heteroatoms. The molecule has 0 aliphatic rings. The number of aromatic nitrogens is 2. The lowest BCUT2D eigenvalue weighted by atomic mass is 10.1. The number of imidazole rings is 1. The molecule has 0 aliphatic carbocycles. The maximum atomic E-state index is 13.0. The first kappa shape index (κ1) is 17.7. The minimum Gasteiger partial charge on any atom is -0.390 e. The summed E-state index contributed by atoms with van der Waals surface area (Å²) >= 11 is 1.49. The molecule has 0 bridgehead atoms. The van der Waals surface area contributed by atoms with Gasteiger partial charge in [0.1, 0.15) is 5.82 Å². The van der Waals surface area contributed by atoms with Crippen molar-refractivity contribution >= 4 is 11.8 Å². The molecule has 3 rings (SSSR count). The van der Waals surface area contributed by atoms with E-state index in [0.717, 1.165) is 11.1 Å². The molecule has 2 aromatic carbocycles. The fraction of sp³-hybridized carbons (Fsp3) is 0.211. The molecule has 25 heavy (non-hydrogen) atoms. The topological polar surface area (TPSA) is 58.3 Å². The number of rotatable bonds is 7. The lowest BCUT2D eigenvalue weighted by Crippen LogP contribution is -2.12. The molecule has 0 unspecified atom stereocenters. The highest BCUT2D eigenvalue weighted by molar-refractivity contribution is 7.98. The molecule has 0 saturated carbocycles. The smallest absolute Gasteiger partial charge is 0.168 e. The number of aliphatic hydroxyl groups is 2. The maximum absolute atomic E-state index is 13.0. The van der Waals surface area contributed by atoms with Crippen LogP contribution in [-0.2, 0) is 18.9 Å². The molecule has 130 valence electrons. The van der Waals surface area contributed by atoms with Crippen molar-refractivity contribution in [1.82, 2.24) is 9.55 Å². The first-order valence-corrected chi connectivity index (χ1v) is 8.91. The zero-order valence-corrected chi connectivity index (χ0v) is 14.4. The van der Waals surface area contributed by atoms with Crippen LogP contribution in [0.2, 0.25) is 0 Å². The average Bonchev–Trinajstić information content (AvgIpc) is 3.03. The van der Waals surface area contributed by atoms with E-state index >= 15 is 0 Å². The number of nitrogens with zero attached hydrogens (tertiary/aromatic N) is 2. The van der Waals surface area contributed by atoms with Gasteiger partial charge in [0.25, 0.3) is 0 Å². The predicted octanol–water partition coefficient (Wildman–Crippen LogP) is 3.54. The third-order valence-electron chi connectivity index (χ3n) is 3.88. The second kappa shape index (κ2) is 8.29. The van der Waals surface area contributed by atoms with Gasteiger partial charge in [-0.15, -0.1) is 0 Å². The van der Waals surface area contributed by atoms with Gasteiger partial charge in [-0.3, -0.25) is 0 Å². The van der Waals surface area contributed by atoms with Gasteiger partial charge in [0.2, 0.25) is 0 Å². The minimum atomic E-state index is -0.689. The Kier molecular flexibility index (Phi) is 5.86. The van der Waals surface area contributed by atoms with Gasteiger partial charge in [0.05, 0.1) is 31.1 Å². The van der Waals surface area contributed by atoms with Crippen LogP contribution in [-0.4, -0.2) is 19.8 Å². The van der Waals surface area contributed by atoms with Crippen molar-refractivity contribution in [3.63, 3.8) is 0 Å². The van der Waals surface area contributed by atoms with Crippen LogP contribution in [0.15, 0.2) is 66.0 Å². The van der Waals surface area contributed by atoms with E-state index < -0.39 is 6.10 Å². The quantitative estimate of drug-likeness (QED) is 0.634. The molecule has 0 aliphatic heterocycles. The summed E-state index contributed by atoms with van der Waals surface area (Å²) in [5.41, 5.74) is 2.45. The highest BCUT2D eigenvalue weighted by Crippen LogP contribution is 2.26. The van der Waals surface area contributed by atoms with E-state index in [2.05, 4.69) is 4.98 Å². The van der Waals surface area contributed by atoms with E-state index in [0.29, 0.717) is 23.1 Å². The Morgan fingerprint density at radius 1 is 1.08 bits per heavy atom. The molecule has 2 N–H and O–H groups in total.